The number of hydrogen-bond donors (Lipinski definition) is 1. The number of nitrogens with zero attached hydrogens (tertiary/aromatic N) is 3. The third kappa shape index (κ3) is 3.09. The molecule has 0 saturated heterocycles. The predicted molar refractivity (Wildman–Crippen MR) is 80.6 cm³/mol. The van der Waals surface area contributed by atoms with Crippen LogP contribution in [0.25, 0.3) is 5.69 Å². The molecule has 0 atom stereocenters. The molecular formula is C15H8ClF3N4O. The molecule has 3 rings (SSSR count). The summed E-state index contributed by atoms with van der Waals surface area (Å²) < 4.78 is 40.9. The number of nitrogens with one attached hydrogen (secondary N) is 1. The molecule has 9 heteroatoms. The molecule has 0 radical (unpaired) electrons. The lowest BCUT2D eigenvalue weighted by molar-refractivity contribution is 0.101. The maximum atomic E-state index is 13.6. The zero-order valence-electron chi connectivity index (χ0n) is 11.8. The highest BCUT2D eigenvalue weighted by Gasteiger charge is 2.18. The minimum atomic E-state index is -1.67. The van der Waals surface area contributed by atoms with Crippen molar-refractivity contribution in [3.05, 3.63) is 71.0 Å². The average molecular weight is 353 g/mol. The maximum Gasteiger partial charge on any atom is 0.295 e. The Kier molecular flexibility index (Phi) is 4.22. The van der Waals surface area contributed by atoms with Gasteiger partial charge in [0, 0.05) is 5.02 Å². The third-order valence-corrected chi connectivity index (χ3v) is 3.32. The number of carbonyl (C=O) groups excluding carboxylic acids is 1. The first-order chi connectivity index (χ1) is 11.5. The molecule has 0 fully saturated rings. The molecule has 122 valence electrons. The lowest BCUT2D eigenvalue weighted by Crippen LogP contribution is -2.16. The third-order valence-electron chi connectivity index (χ3n) is 3.07. The second kappa shape index (κ2) is 6.32. The number of carbonyl (C=O) groups is 1. The number of hydrogen-bond acceptors (Lipinski definition) is 3. The van der Waals surface area contributed by atoms with Crippen molar-refractivity contribution in [2.45, 2.75) is 0 Å². The highest BCUT2D eigenvalue weighted by Crippen LogP contribution is 2.20. The number of benzene rings is 2. The standard InChI is InChI=1S/C15H8ClF3N4O/c16-8-1-3-9(4-2-8)23-7-20-14(22-23)15(24)21-11-6-5-10(17)12(18)13(11)19/h1-7H,(H,21,24). The Balaban J connectivity index is 1.82. The minimum Gasteiger partial charge on any atom is -0.317 e. The minimum absolute atomic E-state index is 0.269. The van der Waals surface area contributed by atoms with Gasteiger partial charge in [0.15, 0.2) is 17.5 Å². The van der Waals surface area contributed by atoms with Crippen molar-refractivity contribution < 1.29 is 18.0 Å². The fourth-order valence-electron chi connectivity index (χ4n) is 1.89. The Hall–Kier alpha value is -2.87. The fraction of sp³-hybridized carbons (Fsp3) is 0. The van der Waals surface area contributed by atoms with Crippen molar-refractivity contribution in [1.82, 2.24) is 14.8 Å². The molecule has 3 aromatic rings. The molecule has 2 aromatic carbocycles. The Labute approximate surface area is 138 Å². The van der Waals surface area contributed by atoms with Crippen LogP contribution in [0, 0.1) is 17.5 Å². The summed E-state index contributed by atoms with van der Waals surface area (Å²) in [4.78, 5) is 15.8. The first-order valence-electron chi connectivity index (χ1n) is 6.58. The second-order valence-corrected chi connectivity index (χ2v) is 5.10. The number of amides is 1. The summed E-state index contributed by atoms with van der Waals surface area (Å²) in [7, 11) is 0. The van der Waals surface area contributed by atoms with E-state index in [2.05, 4.69) is 15.4 Å². The van der Waals surface area contributed by atoms with Crippen LogP contribution in [0.1, 0.15) is 10.6 Å². The lowest BCUT2D eigenvalue weighted by atomic mass is 10.2. The van der Waals surface area contributed by atoms with Crippen LogP contribution in [-0.4, -0.2) is 20.7 Å². The monoisotopic (exact) mass is 352 g/mol. The van der Waals surface area contributed by atoms with Gasteiger partial charge in [0.2, 0.25) is 5.82 Å². The molecule has 5 nitrogen and oxygen atoms in total. The molecule has 0 spiro atoms. The van der Waals surface area contributed by atoms with E-state index in [0.717, 1.165) is 6.07 Å². The maximum absolute atomic E-state index is 13.6. The van der Waals surface area contributed by atoms with E-state index in [9.17, 15) is 18.0 Å². The Morgan fingerprint density at radius 1 is 1.04 bits per heavy atom. The van der Waals surface area contributed by atoms with E-state index >= 15 is 0 Å². The molecule has 1 amide bonds. The topological polar surface area (TPSA) is 59.8 Å². The van der Waals surface area contributed by atoms with Gasteiger partial charge in [0.1, 0.15) is 6.33 Å². The van der Waals surface area contributed by atoms with Gasteiger partial charge in [-0.05, 0) is 36.4 Å². The van der Waals surface area contributed by atoms with Crippen molar-refractivity contribution in [2.24, 2.45) is 0 Å². The molecule has 0 unspecified atom stereocenters. The van der Waals surface area contributed by atoms with Crippen molar-refractivity contribution in [3.63, 3.8) is 0 Å². The SMILES string of the molecule is O=C(Nc1ccc(F)c(F)c1F)c1ncn(-c2ccc(Cl)cc2)n1. The molecule has 1 heterocycles. The fourth-order valence-corrected chi connectivity index (χ4v) is 2.01. The van der Waals surface area contributed by atoms with Crippen molar-refractivity contribution in [1.29, 1.82) is 0 Å². The Morgan fingerprint density at radius 3 is 2.46 bits per heavy atom. The van der Waals surface area contributed by atoms with Gasteiger partial charge in [-0.1, -0.05) is 11.6 Å². The lowest BCUT2D eigenvalue weighted by Gasteiger charge is -2.05. The van der Waals surface area contributed by atoms with Crippen LogP contribution in [0.2, 0.25) is 5.02 Å². The number of rotatable bonds is 3. The summed E-state index contributed by atoms with van der Waals surface area (Å²) in [6.45, 7) is 0. The summed E-state index contributed by atoms with van der Waals surface area (Å²) >= 11 is 5.78. The van der Waals surface area contributed by atoms with Crippen LogP contribution in [0.4, 0.5) is 18.9 Å². The van der Waals surface area contributed by atoms with E-state index < -0.39 is 29.0 Å². The van der Waals surface area contributed by atoms with Gasteiger partial charge < -0.3 is 5.32 Å². The largest absolute Gasteiger partial charge is 0.317 e. The summed E-state index contributed by atoms with van der Waals surface area (Å²) in [5.74, 6) is -5.66. The zero-order chi connectivity index (χ0) is 17.3. The molecule has 1 aromatic heterocycles. The average Bonchev–Trinajstić information content (AvgIpc) is 3.06. The Bertz CT molecular complexity index is 912. The predicted octanol–water partition coefficient (Wildman–Crippen LogP) is 3.59. The zero-order valence-corrected chi connectivity index (χ0v) is 12.6. The van der Waals surface area contributed by atoms with Crippen LogP contribution < -0.4 is 5.32 Å². The van der Waals surface area contributed by atoms with Crippen LogP contribution >= 0.6 is 11.6 Å². The molecule has 0 aliphatic carbocycles. The van der Waals surface area contributed by atoms with Gasteiger partial charge in [-0.2, -0.15) is 0 Å². The van der Waals surface area contributed by atoms with Crippen molar-refractivity contribution >= 4 is 23.2 Å². The van der Waals surface area contributed by atoms with E-state index in [1.54, 1.807) is 24.3 Å². The quantitative estimate of drug-likeness (QED) is 0.733. The smallest absolute Gasteiger partial charge is 0.295 e. The summed E-state index contributed by atoms with van der Waals surface area (Å²) in [5, 5.41) is 6.56. The van der Waals surface area contributed by atoms with Crippen molar-refractivity contribution in [3.8, 4) is 5.69 Å². The molecule has 0 aliphatic rings. The highest BCUT2D eigenvalue weighted by atomic mass is 35.5. The van der Waals surface area contributed by atoms with Gasteiger partial charge in [0.05, 0.1) is 11.4 Å². The van der Waals surface area contributed by atoms with Gasteiger partial charge in [-0.25, -0.2) is 22.8 Å². The van der Waals surface area contributed by atoms with Crippen LogP contribution in [0.3, 0.4) is 0 Å². The molecule has 0 aliphatic heterocycles. The van der Waals surface area contributed by atoms with Gasteiger partial charge >= 0.3 is 0 Å². The highest BCUT2D eigenvalue weighted by molar-refractivity contribution is 6.30. The van der Waals surface area contributed by atoms with E-state index in [1.165, 1.54) is 11.0 Å². The van der Waals surface area contributed by atoms with Gasteiger partial charge in [-0.15, -0.1) is 5.10 Å². The summed E-state index contributed by atoms with van der Waals surface area (Å²) in [6, 6.07) is 8.20. The van der Waals surface area contributed by atoms with Gasteiger partial charge in [-0.3, -0.25) is 4.79 Å². The second-order valence-electron chi connectivity index (χ2n) is 4.67. The summed E-state index contributed by atoms with van der Waals surface area (Å²) in [6.07, 6.45) is 1.28. The number of anilines is 1. The van der Waals surface area contributed by atoms with E-state index in [0.29, 0.717) is 16.8 Å². The first kappa shape index (κ1) is 16.0. The van der Waals surface area contributed by atoms with E-state index in [4.69, 9.17) is 11.6 Å². The molecule has 0 bridgehead atoms. The van der Waals surface area contributed by atoms with E-state index in [-0.39, 0.29) is 5.82 Å². The van der Waals surface area contributed by atoms with Crippen LogP contribution in [-0.2, 0) is 0 Å². The van der Waals surface area contributed by atoms with E-state index in [1.807, 2.05) is 0 Å². The molecule has 0 saturated carbocycles. The first-order valence-corrected chi connectivity index (χ1v) is 6.96. The summed E-state index contributed by atoms with van der Waals surface area (Å²) in [5.41, 5.74) is 0.0895. The normalized spacial score (nSPS) is 10.7. The van der Waals surface area contributed by atoms with Gasteiger partial charge in [0.25, 0.3) is 5.91 Å². The molecule has 1 N–H and O–H groups in total. The van der Waals surface area contributed by atoms with Crippen molar-refractivity contribution in [2.75, 3.05) is 5.32 Å². The van der Waals surface area contributed by atoms with Crippen LogP contribution in [0.15, 0.2) is 42.7 Å². The number of halogens is 4. The molecule has 24 heavy (non-hydrogen) atoms. The molecular weight excluding hydrogens is 345 g/mol. The van der Waals surface area contributed by atoms with Crippen LogP contribution in [0.5, 0.6) is 0 Å². The number of aromatic nitrogens is 3. The Morgan fingerprint density at radius 2 is 1.75 bits per heavy atom.